The van der Waals surface area contributed by atoms with Crippen molar-refractivity contribution >= 4 is 34.2 Å². The normalized spacial score (nSPS) is 10.1. The van der Waals surface area contributed by atoms with Crippen molar-refractivity contribution in [2.24, 2.45) is 0 Å². The summed E-state index contributed by atoms with van der Waals surface area (Å²) < 4.78 is 5.39. The highest BCUT2D eigenvalue weighted by Crippen LogP contribution is 2.37. The summed E-state index contributed by atoms with van der Waals surface area (Å²) in [6.45, 7) is 4.00. The largest absolute Gasteiger partial charge is 0.480 e. The zero-order valence-corrected chi connectivity index (χ0v) is 16.7. The number of ether oxygens (including phenoxy) is 1. The molecule has 0 spiro atoms. The second-order valence-electron chi connectivity index (χ2n) is 5.22. The SMILES string of the molecule is CC.CNc1ccc(-c2cc3c(C(=O)NOC)c[nH]c3cc2Cl)c(OC)n1. The summed E-state index contributed by atoms with van der Waals surface area (Å²) in [7, 11) is 4.71. The minimum atomic E-state index is -0.349. The first-order valence-corrected chi connectivity index (χ1v) is 8.84. The van der Waals surface area contributed by atoms with E-state index in [2.05, 4.69) is 20.8 Å². The number of aromatic amines is 1. The molecule has 0 aliphatic carbocycles. The Balaban J connectivity index is 0.00000126. The molecule has 8 heteroatoms. The summed E-state index contributed by atoms with van der Waals surface area (Å²) in [5, 5.41) is 4.20. The Morgan fingerprint density at radius 3 is 2.56 bits per heavy atom. The zero-order chi connectivity index (χ0) is 20.0. The summed E-state index contributed by atoms with van der Waals surface area (Å²) in [4.78, 5) is 24.2. The van der Waals surface area contributed by atoms with Gasteiger partial charge < -0.3 is 15.0 Å². The number of halogens is 1. The lowest BCUT2D eigenvalue weighted by Crippen LogP contribution is -2.21. The molecule has 0 aliphatic rings. The standard InChI is InChI=1S/C17H17ClN4O3.C2H6/c1-19-15-5-4-9(17(21-15)24-2)10-6-11-12(16(23)22-25-3)8-20-14(11)7-13(10)18;1-2/h4-8,20H,1-3H3,(H,19,21)(H,22,23);1-2H3. The summed E-state index contributed by atoms with van der Waals surface area (Å²) in [6, 6.07) is 7.29. The fraction of sp³-hybridized carbons (Fsp3) is 0.263. The van der Waals surface area contributed by atoms with Gasteiger partial charge in [0, 0.05) is 35.3 Å². The molecule has 0 saturated carbocycles. The number of H-pyrrole nitrogens is 1. The Kier molecular flexibility index (Phi) is 7.04. The lowest BCUT2D eigenvalue weighted by atomic mass is 10.0. The Labute approximate surface area is 163 Å². The molecule has 0 fully saturated rings. The molecule has 1 aromatic carbocycles. The molecule has 27 heavy (non-hydrogen) atoms. The Hall–Kier alpha value is -2.77. The van der Waals surface area contributed by atoms with Crippen molar-refractivity contribution in [1.82, 2.24) is 15.4 Å². The number of carbonyl (C=O) groups excluding carboxylic acids is 1. The van der Waals surface area contributed by atoms with Gasteiger partial charge in [0.25, 0.3) is 5.91 Å². The van der Waals surface area contributed by atoms with E-state index in [0.717, 1.165) is 11.1 Å². The van der Waals surface area contributed by atoms with E-state index in [9.17, 15) is 4.79 Å². The number of pyridine rings is 1. The fourth-order valence-corrected chi connectivity index (χ4v) is 2.89. The first kappa shape index (κ1) is 20.5. The van der Waals surface area contributed by atoms with E-state index in [0.29, 0.717) is 33.2 Å². The maximum atomic E-state index is 12.1. The van der Waals surface area contributed by atoms with Crippen LogP contribution in [-0.2, 0) is 4.84 Å². The monoisotopic (exact) mass is 390 g/mol. The molecule has 0 unspecified atom stereocenters. The van der Waals surface area contributed by atoms with Crippen molar-refractivity contribution in [3.8, 4) is 17.0 Å². The van der Waals surface area contributed by atoms with E-state index in [-0.39, 0.29) is 5.91 Å². The van der Waals surface area contributed by atoms with E-state index < -0.39 is 0 Å². The van der Waals surface area contributed by atoms with Crippen molar-refractivity contribution in [1.29, 1.82) is 0 Å². The van der Waals surface area contributed by atoms with E-state index in [1.165, 1.54) is 7.11 Å². The van der Waals surface area contributed by atoms with Gasteiger partial charge in [-0.15, -0.1) is 0 Å². The number of carbonyl (C=O) groups is 1. The topological polar surface area (TPSA) is 88.3 Å². The summed E-state index contributed by atoms with van der Waals surface area (Å²) in [5.74, 6) is 0.767. The van der Waals surface area contributed by atoms with Crippen LogP contribution in [0, 0.1) is 0 Å². The van der Waals surface area contributed by atoms with Crippen LogP contribution < -0.4 is 15.5 Å². The van der Waals surface area contributed by atoms with Gasteiger partial charge in [-0.2, -0.15) is 4.98 Å². The number of amides is 1. The van der Waals surface area contributed by atoms with Crippen LogP contribution in [0.5, 0.6) is 5.88 Å². The van der Waals surface area contributed by atoms with Crippen LogP contribution in [0.2, 0.25) is 5.02 Å². The Morgan fingerprint density at radius 2 is 1.93 bits per heavy atom. The Bertz CT molecular complexity index is 940. The number of nitrogens with zero attached hydrogens (tertiary/aromatic N) is 1. The minimum Gasteiger partial charge on any atom is -0.480 e. The molecule has 0 bridgehead atoms. The van der Waals surface area contributed by atoms with Gasteiger partial charge in [-0.25, -0.2) is 5.48 Å². The van der Waals surface area contributed by atoms with E-state index in [1.807, 2.05) is 32.0 Å². The van der Waals surface area contributed by atoms with Gasteiger partial charge >= 0.3 is 0 Å². The van der Waals surface area contributed by atoms with Crippen LogP contribution in [-0.4, -0.2) is 37.1 Å². The molecule has 0 saturated heterocycles. The number of anilines is 1. The van der Waals surface area contributed by atoms with Gasteiger partial charge in [0.2, 0.25) is 5.88 Å². The van der Waals surface area contributed by atoms with Crippen LogP contribution in [0.4, 0.5) is 5.82 Å². The molecule has 2 heterocycles. The smallest absolute Gasteiger partial charge is 0.276 e. The van der Waals surface area contributed by atoms with Crippen LogP contribution in [0.3, 0.4) is 0 Å². The lowest BCUT2D eigenvalue weighted by molar-refractivity contribution is 0.0539. The second kappa shape index (κ2) is 9.25. The molecule has 144 valence electrons. The van der Waals surface area contributed by atoms with Gasteiger partial charge in [0.05, 0.1) is 24.8 Å². The van der Waals surface area contributed by atoms with E-state index in [4.69, 9.17) is 21.2 Å². The summed E-state index contributed by atoms with van der Waals surface area (Å²) in [6.07, 6.45) is 1.61. The molecular weight excluding hydrogens is 368 g/mol. The first-order valence-electron chi connectivity index (χ1n) is 8.46. The van der Waals surface area contributed by atoms with Crippen LogP contribution in [0.15, 0.2) is 30.5 Å². The number of hydroxylamine groups is 1. The summed E-state index contributed by atoms with van der Waals surface area (Å²) in [5.41, 5.74) is 4.96. The number of methoxy groups -OCH3 is 1. The molecule has 1 amide bonds. The van der Waals surface area contributed by atoms with E-state index in [1.54, 1.807) is 26.4 Å². The van der Waals surface area contributed by atoms with Gasteiger partial charge in [0.15, 0.2) is 0 Å². The highest BCUT2D eigenvalue weighted by atomic mass is 35.5. The van der Waals surface area contributed by atoms with Gasteiger partial charge in [-0.05, 0) is 24.3 Å². The number of hydrogen-bond acceptors (Lipinski definition) is 5. The van der Waals surface area contributed by atoms with Gasteiger partial charge in [-0.3, -0.25) is 9.63 Å². The summed E-state index contributed by atoms with van der Waals surface area (Å²) >= 11 is 6.45. The highest BCUT2D eigenvalue weighted by molar-refractivity contribution is 6.34. The molecule has 3 N–H and O–H groups in total. The number of aromatic nitrogens is 2. The maximum Gasteiger partial charge on any atom is 0.276 e. The first-order chi connectivity index (χ1) is 13.1. The van der Waals surface area contributed by atoms with Crippen LogP contribution >= 0.6 is 11.6 Å². The fourth-order valence-electron chi connectivity index (χ4n) is 2.63. The number of benzene rings is 1. The number of hydrogen-bond donors (Lipinski definition) is 3. The average Bonchev–Trinajstić information content (AvgIpc) is 3.11. The zero-order valence-electron chi connectivity index (χ0n) is 15.9. The number of nitrogens with one attached hydrogen (secondary N) is 3. The molecule has 0 radical (unpaired) electrons. The molecule has 3 aromatic rings. The average molecular weight is 391 g/mol. The predicted octanol–water partition coefficient (Wildman–Crippen LogP) is 4.25. The highest BCUT2D eigenvalue weighted by Gasteiger charge is 2.17. The molecular formula is C19H23ClN4O3. The van der Waals surface area contributed by atoms with Crippen LogP contribution in [0.25, 0.3) is 22.0 Å². The maximum absolute atomic E-state index is 12.1. The molecule has 0 aliphatic heterocycles. The van der Waals surface area contributed by atoms with Gasteiger partial charge in [-0.1, -0.05) is 25.4 Å². The quantitative estimate of drug-likeness (QED) is 0.567. The third-order valence-electron chi connectivity index (χ3n) is 3.81. The molecule has 7 nitrogen and oxygen atoms in total. The lowest BCUT2D eigenvalue weighted by Gasteiger charge is -2.11. The number of fused-ring (bicyclic) bond motifs is 1. The minimum absolute atomic E-state index is 0.349. The second-order valence-corrected chi connectivity index (χ2v) is 5.63. The van der Waals surface area contributed by atoms with Crippen molar-refractivity contribution < 1.29 is 14.4 Å². The van der Waals surface area contributed by atoms with Crippen LogP contribution in [0.1, 0.15) is 24.2 Å². The molecule has 3 rings (SSSR count). The third kappa shape index (κ3) is 4.15. The van der Waals surface area contributed by atoms with Crippen molar-refractivity contribution in [3.63, 3.8) is 0 Å². The Morgan fingerprint density at radius 1 is 1.19 bits per heavy atom. The van der Waals surface area contributed by atoms with Gasteiger partial charge in [0.1, 0.15) is 5.82 Å². The molecule has 2 aromatic heterocycles. The van der Waals surface area contributed by atoms with E-state index >= 15 is 0 Å². The van der Waals surface area contributed by atoms with Crippen molar-refractivity contribution in [2.45, 2.75) is 13.8 Å². The molecule has 0 atom stereocenters. The van der Waals surface area contributed by atoms with Crippen molar-refractivity contribution in [2.75, 3.05) is 26.6 Å². The van der Waals surface area contributed by atoms with Crippen molar-refractivity contribution in [3.05, 3.63) is 41.0 Å². The predicted molar refractivity (Wildman–Crippen MR) is 108 cm³/mol. The number of rotatable bonds is 5. The third-order valence-corrected chi connectivity index (χ3v) is 4.12.